The Morgan fingerprint density at radius 2 is 1.25 bits per heavy atom. The predicted molar refractivity (Wildman–Crippen MR) is 144 cm³/mol. The first-order valence-corrected chi connectivity index (χ1v) is 14.5. The lowest BCUT2D eigenvalue weighted by Crippen LogP contribution is -2.76. The highest BCUT2D eigenvalue weighted by Crippen LogP contribution is 2.34. The molecule has 0 unspecified atom stereocenters. The minimum Gasteiger partial charge on any atom is -0.0689 e. The highest BCUT2D eigenvalue weighted by molar-refractivity contribution is 7.14. The van der Waals surface area contributed by atoms with Crippen molar-refractivity contribution >= 4 is 73.9 Å². The average molecular weight is 422 g/mol. The predicted octanol–water partition coefficient (Wildman–Crippen LogP) is 4.24. The molecule has 0 fully saturated rings. The van der Waals surface area contributed by atoms with Crippen LogP contribution in [-0.2, 0) is 0 Å². The summed E-state index contributed by atoms with van der Waals surface area (Å²) in [5.41, 5.74) is 4.43. The maximum absolute atomic E-state index is 2.54. The van der Waals surface area contributed by atoms with E-state index < -0.39 is 8.07 Å². The molecule has 7 rings (SSSR count). The van der Waals surface area contributed by atoms with E-state index in [9.17, 15) is 0 Å². The van der Waals surface area contributed by atoms with Crippen LogP contribution in [0.2, 0.25) is 13.1 Å². The molecule has 1 aliphatic heterocycles. The van der Waals surface area contributed by atoms with Crippen molar-refractivity contribution in [3.8, 4) is 0 Å². The lowest BCUT2D eigenvalue weighted by Gasteiger charge is -2.38. The maximum atomic E-state index is 2.54. The van der Waals surface area contributed by atoms with Gasteiger partial charge in [0.1, 0.15) is 8.07 Å². The van der Waals surface area contributed by atoms with Crippen molar-refractivity contribution in [2.24, 2.45) is 0 Å². The van der Waals surface area contributed by atoms with Gasteiger partial charge < -0.3 is 0 Å². The van der Waals surface area contributed by atoms with Crippen LogP contribution in [0.25, 0.3) is 32.3 Å². The van der Waals surface area contributed by atoms with E-state index in [4.69, 9.17) is 0 Å². The summed E-state index contributed by atoms with van der Waals surface area (Å²) in [4.78, 5) is 0. The fraction of sp³-hybridized carbons (Fsp3) is 0.0667. The van der Waals surface area contributed by atoms with Gasteiger partial charge in [-0.1, -0.05) is 143 Å². The van der Waals surface area contributed by atoms with Crippen molar-refractivity contribution in [1.82, 2.24) is 0 Å². The van der Waals surface area contributed by atoms with E-state index in [1.807, 2.05) is 0 Å². The van der Waals surface area contributed by atoms with Crippen molar-refractivity contribution in [3.05, 3.63) is 103 Å². The molecule has 150 valence electrons. The Bertz CT molecular complexity index is 1630. The van der Waals surface area contributed by atoms with E-state index in [1.165, 1.54) is 48.7 Å². The van der Waals surface area contributed by atoms with Crippen LogP contribution in [0.15, 0.2) is 103 Å². The molecule has 0 N–H and O–H groups in total. The third kappa shape index (κ3) is 2.28. The largest absolute Gasteiger partial charge is 0.241 e. The van der Waals surface area contributed by atoms with E-state index in [0.717, 1.165) is 0 Å². The standard InChI is InChI=1S/C30H23BSi/c1-32(2)26-14-7-6-13-25(26)31(23-11-4-3-5-12-23)30-24-18-17-21-10-8-9-20-15-16-22(19-27(30)32)29(24)28(20)21/h3-19H,1-2H3. The molecule has 0 atom stereocenters. The van der Waals surface area contributed by atoms with Gasteiger partial charge in [0.2, 0.25) is 6.71 Å². The fourth-order valence-corrected chi connectivity index (χ4v) is 9.49. The van der Waals surface area contributed by atoms with Crippen LogP contribution < -0.4 is 26.8 Å². The van der Waals surface area contributed by atoms with E-state index in [2.05, 4.69) is 116 Å². The molecule has 0 amide bonds. The van der Waals surface area contributed by atoms with Crippen LogP contribution >= 0.6 is 0 Å². The molecule has 0 radical (unpaired) electrons. The third-order valence-corrected chi connectivity index (χ3v) is 11.3. The summed E-state index contributed by atoms with van der Waals surface area (Å²) in [6, 6.07) is 38.9. The molecule has 0 nitrogen and oxygen atoms in total. The quantitative estimate of drug-likeness (QED) is 0.275. The van der Waals surface area contributed by atoms with Gasteiger partial charge in [0.05, 0.1) is 0 Å². The number of hydrogen-bond acceptors (Lipinski definition) is 0. The zero-order valence-electron chi connectivity index (χ0n) is 18.4. The first-order valence-electron chi connectivity index (χ1n) is 11.5. The molecule has 0 aromatic heterocycles. The van der Waals surface area contributed by atoms with Gasteiger partial charge in [-0.05, 0) is 32.3 Å². The van der Waals surface area contributed by atoms with Crippen molar-refractivity contribution < 1.29 is 0 Å². The highest BCUT2D eigenvalue weighted by atomic mass is 28.3. The maximum Gasteiger partial charge on any atom is 0.241 e. The topological polar surface area (TPSA) is 0 Å². The Morgan fingerprint density at radius 1 is 0.562 bits per heavy atom. The van der Waals surface area contributed by atoms with Gasteiger partial charge >= 0.3 is 0 Å². The molecule has 1 heterocycles. The van der Waals surface area contributed by atoms with Gasteiger partial charge in [-0.2, -0.15) is 0 Å². The van der Waals surface area contributed by atoms with Gasteiger partial charge in [-0.15, -0.1) is 0 Å². The summed E-state index contributed by atoms with van der Waals surface area (Å²) in [7, 11) is -1.85. The van der Waals surface area contributed by atoms with Gasteiger partial charge in [-0.25, -0.2) is 0 Å². The second-order valence-corrected chi connectivity index (χ2v) is 14.1. The molecule has 32 heavy (non-hydrogen) atoms. The monoisotopic (exact) mass is 422 g/mol. The molecule has 6 aromatic carbocycles. The molecule has 1 aliphatic rings. The normalized spacial score (nSPS) is 14.8. The van der Waals surface area contributed by atoms with E-state index in [-0.39, 0.29) is 6.71 Å². The molecule has 0 saturated heterocycles. The summed E-state index contributed by atoms with van der Waals surface area (Å²) < 4.78 is 0. The highest BCUT2D eigenvalue weighted by Gasteiger charge is 2.42. The Labute approximate surface area is 189 Å². The van der Waals surface area contributed by atoms with Crippen LogP contribution in [0, 0.1) is 0 Å². The van der Waals surface area contributed by atoms with Crippen molar-refractivity contribution in [1.29, 1.82) is 0 Å². The Morgan fingerprint density at radius 3 is 2.06 bits per heavy atom. The van der Waals surface area contributed by atoms with Crippen LogP contribution in [0.5, 0.6) is 0 Å². The van der Waals surface area contributed by atoms with Crippen molar-refractivity contribution in [3.63, 3.8) is 0 Å². The van der Waals surface area contributed by atoms with Gasteiger partial charge in [0, 0.05) is 0 Å². The van der Waals surface area contributed by atoms with E-state index in [1.54, 1.807) is 10.4 Å². The summed E-state index contributed by atoms with van der Waals surface area (Å²) in [6.07, 6.45) is 0. The second kappa shape index (κ2) is 6.34. The SMILES string of the molecule is C[Si]1(C)c2ccccc2B(c2ccccc2)c2c1cc1ccc3cccc4ccc2c1c34. The minimum absolute atomic E-state index is 0.271. The lowest BCUT2D eigenvalue weighted by molar-refractivity contribution is 1.70. The zero-order chi connectivity index (χ0) is 21.4. The fourth-order valence-electron chi connectivity index (χ4n) is 6.27. The minimum atomic E-state index is -1.85. The third-order valence-electron chi connectivity index (χ3n) is 7.73. The Hall–Kier alpha value is -3.36. The molecular formula is C30H23BSi. The van der Waals surface area contributed by atoms with Gasteiger partial charge in [-0.3, -0.25) is 0 Å². The van der Waals surface area contributed by atoms with Crippen LogP contribution in [0.4, 0.5) is 0 Å². The average Bonchev–Trinajstić information content (AvgIpc) is 2.83. The first-order chi connectivity index (χ1) is 15.6. The molecule has 0 bridgehead atoms. The van der Waals surface area contributed by atoms with Crippen molar-refractivity contribution in [2.45, 2.75) is 13.1 Å². The summed E-state index contributed by atoms with van der Waals surface area (Å²) in [5.74, 6) is 0. The number of fused-ring (bicyclic) bond motifs is 3. The van der Waals surface area contributed by atoms with Gasteiger partial charge in [0.15, 0.2) is 0 Å². The number of benzene rings is 6. The number of hydrogen-bond donors (Lipinski definition) is 0. The lowest BCUT2D eigenvalue weighted by atomic mass is 9.36. The van der Waals surface area contributed by atoms with Gasteiger partial charge in [0.25, 0.3) is 0 Å². The number of rotatable bonds is 1. The molecule has 0 saturated carbocycles. The van der Waals surface area contributed by atoms with E-state index in [0.29, 0.717) is 0 Å². The molecule has 2 heteroatoms. The zero-order valence-corrected chi connectivity index (χ0v) is 19.4. The summed E-state index contributed by atoms with van der Waals surface area (Å²) in [5, 5.41) is 11.5. The van der Waals surface area contributed by atoms with Crippen LogP contribution in [0.3, 0.4) is 0 Å². The summed E-state index contributed by atoms with van der Waals surface area (Å²) >= 11 is 0. The first kappa shape index (κ1) is 18.2. The molecule has 0 aliphatic carbocycles. The Balaban J connectivity index is 1.71. The second-order valence-electron chi connectivity index (χ2n) is 9.75. The smallest absolute Gasteiger partial charge is 0.0689 e. The molecular weight excluding hydrogens is 399 g/mol. The Kier molecular flexibility index (Phi) is 3.61. The molecule has 6 aromatic rings. The van der Waals surface area contributed by atoms with E-state index >= 15 is 0 Å². The van der Waals surface area contributed by atoms with Crippen LogP contribution in [-0.4, -0.2) is 14.8 Å². The van der Waals surface area contributed by atoms with Crippen molar-refractivity contribution in [2.75, 3.05) is 0 Å². The summed E-state index contributed by atoms with van der Waals surface area (Å²) in [6.45, 7) is 5.33. The molecule has 0 spiro atoms. The van der Waals surface area contributed by atoms with Crippen LogP contribution in [0.1, 0.15) is 0 Å².